The highest BCUT2D eigenvalue weighted by molar-refractivity contribution is 5.82. The van der Waals surface area contributed by atoms with Crippen molar-refractivity contribution in [2.45, 2.75) is 58.0 Å². The normalized spacial score (nSPS) is 43.5. The van der Waals surface area contributed by atoms with Gasteiger partial charge in [-0.3, -0.25) is 0 Å². The molecule has 1 unspecified atom stereocenters. The van der Waals surface area contributed by atoms with Crippen LogP contribution in [0.3, 0.4) is 0 Å². The number of rotatable bonds is 3. The number of aromatic nitrogens is 1. The van der Waals surface area contributed by atoms with Crippen molar-refractivity contribution in [1.29, 1.82) is 0 Å². The highest BCUT2D eigenvalue weighted by atomic mass is 19.1. The Morgan fingerprint density at radius 2 is 2.00 bits per heavy atom. The van der Waals surface area contributed by atoms with E-state index in [1.807, 2.05) is 13.0 Å². The number of nitrogens with zero attached hydrogens (tertiary/aromatic N) is 1. The third-order valence-corrected chi connectivity index (χ3v) is 9.81. The van der Waals surface area contributed by atoms with Gasteiger partial charge in [-0.2, -0.15) is 0 Å². The van der Waals surface area contributed by atoms with Crippen molar-refractivity contribution in [2.75, 3.05) is 6.61 Å². The summed E-state index contributed by atoms with van der Waals surface area (Å²) in [5.74, 6) is -0.769. The van der Waals surface area contributed by atoms with Gasteiger partial charge in [0.15, 0.2) is 11.7 Å². The van der Waals surface area contributed by atoms with Crippen LogP contribution in [0.2, 0.25) is 0 Å². The average Bonchev–Trinajstić information content (AvgIpc) is 3.09. The summed E-state index contributed by atoms with van der Waals surface area (Å²) in [7, 11) is 0. The fourth-order valence-electron chi connectivity index (χ4n) is 8.02. The molecule has 4 aliphatic rings. The van der Waals surface area contributed by atoms with Gasteiger partial charge in [-0.15, -0.1) is 0 Å². The van der Waals surface area contributed by atoms with E-state index in [1.165, 1.54) is 12.1 Å². The minimum atomic E-state index is -2.03. The maximum Gasteiger partial charge on any atom is 0.265 e. The zero-order valence-corrected chi connectivity index (χ0v) is 20.3. The molecule has 2 saturated carbocycles. The second-order valence-electron chi connectivity index (χ2n) is 11.7. The largest absolute Gasteiger partial charge is 0.464 e. The maximum absolute atomic E-state index is 14.6. The third-order valence-electron chi connectivity index (χ3n) is 9.81. The Morgan fingerprint density at radius 1 is 1.26 bits per heavy atom. The van der Waals surface area contributed by atoms with Crippen LogP contribution in [0.25, 0.3) is 11.0 Å². The molecule has 0 aliphatic heterocycles. The summed E-state index contributed by atoms with van der Waals surface area (Å²) in [6.45, 7) is 7.67. The Kier molecular flexibility index (Phi) is 4.73. The molecule has 2 aromatic rings. The van der Waals surface area contributed by atoms with Crippen LogP contribution in [0.4, 0.5) is 4.39 Å². The molecule has 0 radical (unpaired) electrons. The Morgan fingerprint density at radius 3 is 2.71 bits per heavy atom. The van der Waals surface area contributed by atoms with E-state index < -0.39 is 41.8 Å². The first kappa shape index (κ1) is 23.2. The topological polar surface area (TPSA) is 116 Å². The van der Waals surface area contributed by atoms with E-state index in [0.29, 0.717) is 11.5 Å². The predicted octanol–water partition coefficient (Wildman–Crippen LogP) is 2.97. The van der Waals surface area contributed by atoms with Gasteiger partial charge >= 0.3 is 0 Å². The highest BCUT2D eigenvalue weighted by Gasteiger charge is 2.76. The predicted molar refractivity (Wildman–Crippen MR) is 125 cm³/mol. The molecule has 1 spiro atoms. The molecule has 4 aliphatic carbocycles. The Labute approximate surface area is 202 Å². The van der Waals surface area contributed by atoms with Gasteiger partial charge < -0.3 is 29.7 Å². The molecule has 8 heteroatoms. The van der Waals surface area contributed by atoms with Gasteiger partial charge in [0, 0.05) is 5.92 Å². The van der Waals surface area contributed by atoms with Crippen molar-refractivity contribution in [3.63, 3.8) is 0 Å². The van der Waals surface area contributed by atoms with E-state index in [2.05, 4.69) is 19.0 Å². The van der Waals surface area contributed by atoms with Crippen molar-refractivity contribution in [2.24, 2.45) is 34.5 Å². The lowest BCUT2D eigenvalue weighted by atomic mass is 9.58. The third kappa shape index (κ3) is 2.66. The molecule has 188 valence electrons. The zero-order valence-electron chi connectivity index (χ0n) is 20.3. The molecule has 4 N–H and O–H groups in total. The Bertz CT molecular complexity index is 1270. The summed E-state index contributed by atoms with van der Waals surface area (Å²) >= 11 is 0. The van der Waals surface area contributed by atoms with Gasteiger partial charge in [0.1, 0.15) is 22.9 Å². The summed E-state index contributed by atoms with van der Waals surface area (Å²) in [6.07, 6.45) is 0.679. The molecule has 0 amide bonds. The minimum Gasteiger partial charge on any atom is -0.464 e. The second kappa shape index (κ2) is 7.16. The minimum absolute atomic E-state index is 0.0103. The lowest BCUT2D eigenvalue weighted by molar-refractivity contribution is -0.211. The van der Waals surface area contributed by atoms with Crippen molar-refractivity contribution >= 4 is 11.0 Å². The van der Waals surface area contributed by atoms with Gasteiger partial charge in [0.05, 0.1) is 18.1 Å². The number of aliphatic hydroxyl groups is 4. The Hall–Kier alpha value is -2.26. The molecular weight excluding hydrogens is 453 g/mol. The quantitative estimate of drug-likeness (QED) is 0.494. The van der Waals surface area contributed by atoms with Crippen LogP contribution in [0.1, 0.15) is 34.1 Å². The summed E-state index contributed by atoms with van der Waals surface area (Å²) in [4.78, 5) is 0. The molecule has 9 atom stereocenters. The van der Waals surface area contributed by atoms with Crippen molar-refractivity contribution < 1.29 is 34.1 Å². The molecule has 0 saturated heterocycles. The van der Waals surface area contributed by atoms with Crippen molar-refractivity contribution in [3.8, 4) is 5.88 Å². The Balaban J connectivity index is 1.52. The molecular formula is C27H32FNO6. The molecule has 1 aromatic carbocycles. The van der Waals surface area contributed by atoms with E-state index in [0.717, 1.165) is 6.42 Å². The van der Waals surface area contributed by atoms with Crippen LogP contribution in [0, 0.1) is 40.3 Å². The standard InChI is InChI=1S/C27H32FNO6/c1-12-10-26-13(2)8-16-20(25(16,3)4)15(22(26)32)9-14(11-30)21(31)27(26,33)23(12)34-24-19-17(28)6-5-7-18(19)35-29-24/h5-7,9-10,13,15-16,20-23,30-33H,8,11H2,1-4H3/t13-,15+,16-,20+,21-,22?,23+,26+,27+/m1/s1. The lowest BCUT2D eigenvalue weighted by Gasteiger charge is -2.52. The van der Waals surface area contributed by atoms with Crippen LogP contribution in [0.5, 0.6) is 5.88 Å². The maximum atomic E-state index is 14.6. The number of fused-ring (bicyclic) bond motifs is 4. The van der Waals surface area contributed by atoms with Gasteiger partial charge in [-0.05, 0) is 64.9 Å². The van der Waals surface area contributed by atoms with E-state index in [-0.39, 0.29) is 45.6 Å². The van der Waals surface area contributed by atoms with Crippen LogP contribution < -0.4 is 4.74 Å². The number of hydrogen-bond donors (Lipinski definition) is 4. The van der Waals surface area contributed by atoms with Crippen LogP contribution in [-0.2, 0) is 0 Å². The van der Waals surface area contributed by atoms with Crippen molar-refractivity contribution in [1.82, 2.24) is 5.16 Å². The van der Waals surface area contributed by atoms with Gasteiger partial charge in [-0.1, -0.05) is 39.0 Å². The molecule has 2 fully saturated rings. The first-order valence-electron chi connectivity index (χ1n) is 12.3. The zero-order chi connectivity index (χ0) is 25.1. The summed E-state index contributed by atoms with van der Waals surface area (Å²) < 4.78 is 26.1. The van der Waals surface area contributed by atoms with Crippen LogP contribution in [-0.4, -0.2) is 56.1 Å². The van der Waals surface area contributed by atoms with Crippen LogP contribution in [0.15, 0.2) is 46.0 Å². The fraction of sp³-hybridized carbons (Fsp3) is 0.593. The number of halogens is 1. The number of hydrogen-bond acceptors (Lipinski definition) is 7. The fourth-order valence-corrected chi connectivity index (χ4v) is 8.02. The number of aliphatic hydroxyl groups excluding tert-OH is 3. The average molecular weight is 486 g/mol. The van der Waals surface area contributed by atoms with E-state index in [1.54, 1.807) is 19.1 Å². The SMILES string of the molecule is CC1=C[C@]23C(O)[C@@H](C=C(CO)[C@@H](O)[C@]2(O)[C@H]1Oc1noc2cccc(F)c12)[C@H]1[C@@H](C[C@H]3C)C1(C)C. The summed E-state index contributed by atoms with van der Waals surface area (Å²) in [5, 5.41) is 50.3. The molecule has 2 bridgehead atoms. The smallest absolute Gasteiger partial charge is 0.265 e. The number of benzene rings is 1. The second-order valence-corrected chi connectivity index (χ2v) is 11.7. The number of ether oxygens (including phenoxy) is 1. The van der Waals surface area contributed by atoms with E-state index in [9.17, 15) is 24.8 Å². The first-order chi connectivity index (χ1) is 16.5. The molecule has 35 heavy (non-hydrogen) atoms. The van der Waals surface area contributed by atoms with Gasteiger partial charge in [0.25, 0.3) is 5.88 Å². The van der Waals surface area contributed by atoms with Gasteiger partial charge in [-0.25, -0.2) is 4.39 Å². The molecule has 6 rings (SSSR count). The molecule has 7 nitrogen and oxygen atoms in total. The monoisotopic (exact) mass is 485 g/mol. The molecule has 1 aromatic heterocycles. The van der Waals surface area contributed by atoms with Crippen molar-refractivity contribution in [3.05, 3.63) is 47.3 Å². The highest BCUT2D eigenvalue weighted by Crippen LogP contribution is 2.72. The van der Waals surface area contributed by atoms with Gasteiger partial charge in [0.2, 0.25) is 0 Å². The molecule has 1 heterocycles. The van der Waals surface area contributed by atoms with E-state index >= 15 is 0 Å². The summed E-state index contributed by atoms with van der Waals surface area (Å²) in [5.41, 5.74) is -2.22. The lowest BCUT2D eigenvalue weighted by Crippen LogP contribution is -2.67. The van der Waals surface area contributed by atoms with Crippen LogP contribution >= 0.6 is 0 Å². The summed E-state index contributed by atoms with van der Waals surface area (Å²) in [6, 6.07) is 4.33. The van der Waals surface area contributed by atoms with E-state index in [4.69, 9.17) is 9.26 Å². The first-order valence-corrected chi connectivity index (χ1v) is 12.3.